The fourth-order valence-electron chi connectivity index (χ4n) is 3.90. The number of halogens is 2. The molecule has 2 N–H and O–H groups in total. The molecule has 0 spiro atoms. The van der Waals surface area contributed by atoms with Gasteiger partial charge in [-0.05, 0) is 43.2 Å². The minimum Gasteiger partial charge on any atom is -0.381 e. The van der Waals surface area contributed by atoms with Crippen LogP contribution in [-0.2, 0) is 10.2 Å². The third-order valence-corrected chi connectivity index (χ3v) is 5.75. The van der Waals surface area contributed by atoms with E-state index in [9.17, 15) is 0 Å². The third-order valence-electron chi connectivity index (χ3n) is 5.42. The van der Waals surface area contributed by atoms with Crippen molar-refractivity contribution in [3.05, 3.63) is 34.9 Å². The molecule has 1 aromatic carbocycles. The Kier molecular flexibility index (Phi) is 7.83. The monoisotopic (exact) mass is 477 g/mol. The molecule has 2 saturated heterocycles. The lowest BCUT2D eigenvalue weighted by Gasteiger charge is -2.38. The van der Waals surface area contributed by atoms with E-state index in [0.717, 1.165) is 44.2 Å². The number of benzene rings is 1. The second kappa shape index (κ2) is 9.42. The van der Waals surface area contributed by atoms with E-state index in [1.807, 2.05) is 12.1 Å². The normalized spacial score (nSPS) is 23.8. The van der Waals surface area contributed by atoms with Crippen LogP contribution in [-0.4, -0.2) is 43.7 Å². The average Bonchev–Trinajstić information content (AvgIpc) is 2.61. The molecule has 140 valence electrons. The summed E-state index contributed by atoms with van der Waals surface area (Å²) in [6.07, 6.45) is 4.35. The number of nitrogens with two attached hydrogens (primary N) is 1. The summed E-state index contributed by atoms with van der Waals surface area (Å²) < 4.78 is 5.59. The van der Waals surface area contributed by atoms with E-state index in [4.69, 9.17) is 27.1 Å². The number of aliphatic imine (C=N–C) groups is 1. The zero-order valence-corrected chi connectivity index (χ0v) is 18.0. The molecule has 4 nitrogen and oxygen atoms in total. The number of nitrogens with zero attached hydrogens (tertiary/aromatic N) is 2. The summed E-state index contributed by atoms with van der Waals surface area (Å²) in [6, 6.07) is 8.12. The van der Waals surface area contributed by atoms with Crippen molar-refractivity contribution in [2.45, 2.75) is 38.0 Å². The van der Waals surface area contributed by atoms with E-state index in [1.54, 1.807) is 0 Å². The van der Waals surface area contributed by atoms with Gasteiger partial charge >= 0.3 is 0 Å². The minimum atomic E-state index is -0.0668. The van der Waals surface area contributed by atoms with E-state index in [2.05, 4.69) is 24.0 Å². The molecule has 2 heterocycles. The zero-order valence-electron chi connectivity index (χ0n) is 14.9. The van der Waals surface area contributed by atoms with Gasteiger partial charge in [-0.1, -0.05) is 36.7 Å². The fourth-order valence-corrected chi connectivity index (χ4v) is 4.23. The van der Waals surface area contributed by atoms with Crippen LogP contribution in [0.3, 0.4) is 0 Å². The summed E-state index contributed by atoms with van der Waals surface area (Å²) >= 11 is 6.50. The second-order valence-corrected chi connectivity index (χ2v) is 7.65. The van der Waals surface area contributed by atoms with Crippen LogP contribution in [0.2, 0.25) is 5.02 Å². The Hall–Kier alpha value is -0.530. The van der Waals surface area contributed by atoms with Gasteiger partial charge in [-0.2, -0.15) is 0 Å². The Bertz CT molecular complexity index is 590. The molecule has 2 aliphatic heterocycles. The molecule has 0 bridgehead atoms. The van der Waals surface area contributed by atoms with E-state index >= 15 is 0 Å². The topological polar surface area (TPSA) is 50.8 Å². The molecular formula is C19H29ClIN3O. The highest BCUT2D eigenvalue weighted by Crippen LogP contribution is 2.39. The van der Waals surface area contributed by atoms with Crippen molar-refractivity contribution in [3.63, 3.8) is 0 Å². The van der Waals surface area contributed by atoms with Crippen LogP contribution in [0.1, 0.15) is 38.2 Å². The molecule has 2 aliphatic rings. The van der Waals surface area contributed by atoms with Gasteiger partial charge in [0, 0.05) is 36.7 Å². The molecule has 0 radical (unpaired) electrons. The van der Waals surface area contributed by atoms with Gasteiger partial charge in [-0.15, -0.1) is 24.0 Å². The maximum absolute atomic E-state index is 6.50. The van der Waals surface area contributed by atoms with Crippen LogP contribution in [0.5, 0.6) is 0 Å². The van der Waals surface area contributed by atoms with Gasteiger partial charge < -0.3 is 15.4 Å². The van der Waals surface area contributed by atoms with Crippen LogP contribution in [0.4, 0.5) is 0 Å². The number of hydrogen-bond acceptors (Lipinski definition) is 2. The Balaban J connectivity index is 0.00000225. The SMILES string of the molecule is CC1CCCN(C(N)=NCC2(c3ccccc3Cl)CCOCC2)C1.I. The van der Waals surface area contributed by atoms with E-state index in [1.165, 1.54) is 18.4 Å². The predicted molar refractivity (Wildman–Crippen MR) is 115 cm³/mol. The van der Waals surface area contributed by atoms with Gasteiger partial charge in [0.2, 0.25) is 0 Å². The molecule has 0 saturated carbocycles. The first kappa shape index (κ1) is 20.8. The maximum Gasteiger partial charge on any atom is 0.191 e. The van der Waals surface area contributed by atoms with Crippen molar-refractivity contribution in [1.82, 2.24) is 4.90 Å². The Morgan fingerprint density at radius 3 is 2.76 bits per heavy atom. The first-order valence-electron chi connectivity index (χ1n) is 8.98. The van der Waals surface area contributed by atoms with E-state index < -0.39 is 0 Å². The Morgan fingerprint density at radius 1 is 1.36 bits per heavy atom. The lowest BCUT2D eigenvalue weighted by atomic mass is 9.74. The van der Waals surface area contributed by atoms with Crippen LogP contribution in [0.15, 0.2) is 29.3 Å². The quantitative estimate of drug-likeness (QED) is 0.406. The molecule has 3 rings (SSSR count). The van der Waals surface area contributed by atoms with Crippen LogP contribution < -0.4 is 5.73 Å². The number of rotatable bonds is 3. The molecule has 2 fully saturated rings. The first-order valence-corrected chi connectivity index (χ1v) is 9.36. The standard InChI is InChI=1S/C19H28ClN3O.HI/c1-15-5-4-10-23(13-15)18(21)22-14-19(8-11-24-12-9-19)16-6-2-3-7-17(16)20;/h2-3,6-7,15H,4-5,8-14H2,1H3,(H2,21,22);1H. The van der Waals surface area contributed by atoms with Gasteiger partial charge in [0.05, 0.1) is 6.54 Å². The summed E-state index contributed by atoms with van der Waals surface area (Å²) in [6.45, 7) is 6.49. The molecule has 1 unspecified atom stereocenters. The van der Waals surface area contributed by atoms with Crippen LogP contribution in [0, 0.1) is 5.92 Å². The van der Waals surface area contributed by atoms with E-state index in [0.29, 0.717) is 18.4 Å². The maximum atomic E-state index is 6.50. The van der Waals surface area contributed by atoms with Crippen LogP contribution in [0.25, 0.3) is 0 Å². The van der Waals surface area contributed by atoms with Crippen molar-refractivity contribution in [2.24, 2.45) is 16.6 Å². The molecule has 1 atom stereocenters. The molecule has 6 heteroatoms. The van der Waals surface area contributed by atoms with Gasteiger partial charge in [0.1, 0.15) is 0 Å². The number of ether oxygens (including phenoxy) is 1. The lowest BCUT2D eigenvalue weighted by molar-refractivity contribution is 0.0530. The van der Waals surface area contributed by atoms with Crippen molar-refractivity contribution >= 4 is 41.5 Å². The van der Waals surface area contributed by atoms with Crippen molar-refractivity contribution in [3.8, 4) is 0 Å². The molecular weight excluding hydrogens is 449 g/mol. The third kappa shape index (κ3) is 5.01. The molecule has 0 aliphatic carbocycles. The highest BCUT2D eigenvalue weighted by Gasteiger charge is 2.36. The number of likely N-dealkylation sites (tertiary alicyclic amines) is 1. The summed E-state index contributed by atoms with van der Waals surface area (Å²) in [5.41, 5.74) is 7.43. The molecule has 0 amide bonds. The second-order valence-electron chi connectivity index (χ2n) is 7.24. The molecule has 0 aromatic heterocycles. The molecule has 1 aromatic rings. The van der Waals surface area contributed by atoms with Gasteiger partial charge in [0.15, 0.2) is 5.96 Å². The molecule has 25 heavy (non-hydrogen) atoms. The number of piperidine rings is 1. The van der Waals surface area contributed by atoms with Gasteiger partial charge in [-0.25, -0.2) is 0 Å². The zero-order chi connectivity index (χ0) is 17.0. The largest absolute Gasteiger partial charge is 0.381 e. The van der Waals surface area contributed by atoms with Gasteiger partial charge in [0.25, 0.3) is 0 Å². The summed E-state index contributed by atoms with van der Waals surface area (Å²) in [5, 5.41) is 0.819. The van der Waals surface area contributed by atoms with Crippen molar-refractivity contribution in [2.75, 3.05) is 32.8 Å². The summed E-state index contributed by atoms with van der Waals surface area (Å²) in [4.78, 5) is 7.03. The van der Waals surface area contributed by atoms with Crippen LogP contribution >= 0.6 is 35.6 Å². The highest BCUT2D eigenvalue weighted by atomic mass is 127. The van der Waals surface area contributed by atoms with Gasteiger partial charge in [-0.3, -0.25) is 4.99 Å². The minimum absolute atomic E-state index is 0. The summed E-state index contributed by atoms with van der Waals surface area (Å²) in [7, 11) is 0. The predicted octanol–water partition coefficient (Wildman–Crippen LogP) is 4.05. The fraction of sp³-hybridized carbons (Fsp3) is 0.632. The Morgan fingerprint density at radius 2 is 2.08 bits per heavy atom. The van der Waals surface area contributed by atoms with Crippen molar-refractivity contribution < 1.29 is 4.74 Å². The first-order chi connectivity index (χ1) is 11.6. The Labute approximate surface area is 173 Å². The number of hydrogen-bond donors (Lipinski definition) is 1. The summed E-state index contributed by atoms with van der Waals surface area (Å²) in [5.74, 6) is 1.37. The average molecular weight is 478 g/mol. The number of guanidine groups is 1. The highest BCUT2D eigenvalue weighted by molar-refractivity contribution is 14.0. The lowest BCUT2D eigenvalue weighted by Crippen LogP contribution is -2.45. The smallest absolute Gasteiger partial charge is 0.191 e. The van der Waals surface area contributed by atoms with Crippen molar-refractivity contribution in [1.29, 1.82) is 0 Å². The van der Waals surface area contributed by atoms with E-state index in [-0.39, 0.29) is 29.4 Å².